The van der Waals surface area contributed by atoms with E-state index in [0.717, 1.165) is 22.8 Å². The van der Waals surface area contributed by atoms with Crippen molar-refractivity contribution in [2.75, 3.05) is 0 Å². The molecule has 0 saturated heterocycles. The lowest BCUT2D eigenvalue weighted by atomic mass is 10.3. The van der Waals surface area contributed by atoms with Gasteiger partial charge in [0.15, 0.2) is 0 Å². The van der Waals surface area contributed by atoms with Crippen molar-refractivity contribution < 1.29 is 9.85 Å². The van der Waals surface area contributed by atoms with Crippen molar-refractivity contribution >= 4 is 11.8 Å². The molecule has 0 spiro atoms. The van der Waals surface area contributed by atoms with Crippen molar-refractivity contribution in [1.82, 2.24) is 4.42 Å². The average molecular weight is 206 g/mol. The van der Waals surface area contributed by atoms with Crippen LogP contribution in [-0.2, 0) is 0 Å². The third-order valence-corrected chi connectivity index (χ3v) is 1.70. The minimum atomic E-state index is -1.38. The van der Waals surface area contributed by atoms with Gasteiger partial charge in [-0.25, -0.2) is 4.42 Å². The summed E-state index contributed by atoms with van der Waals surface area (Å²) < 4.78 is 0.757. The highest BCUT2D eigenvalue weighted by Crippen LogP contribution is 2.16. The standard InChI is InChI=1S/C5H4ClN3O4/c6-7-2-1-4(8(10)11)3-5(7)9(12)13/h1-3,5H. The predicted octanol–water partition coefficient (Wildman–Crippen LogP) is 0.733. The molecule has 0 bridgehead atoms. The van der Waals surface area contributed by atoms with Crippen LogP contribution in [0.25, 0.3) is 0 Å². The second kappa shape index (κ2) is 3.40. The summed E-state index contributed by atoms with van der Waals surface area (Å²) in [5.41, 5.74) is -0.335. The van der Waals surface area contributed by atoms with Gasteiger partial charge >= 0.3 is 6.17 Å². The van der Waals surface area contributed by atoms with Crippen molar-refractivity contribution in [3.8, 4) is 0 Å². The van der Waals surface area contributed by atoms with Crippen molar-refractivity contribution in [1.29, 1.82) is 0 Å². The summed E-state index contributed by atoms with van der Waals surface area (Å²) in [4.78, 5) is 19.1. The fourth-order valence-electron chi connectivity index (χ4n) is 0.788. The second-order valence-corrected chi connectivity index (χ2v) is 2.60. The molecule has 0 aromatic carbocycles. The van der Waals surface area contributed by atoms with E-state index < -0.39 is 16.0 Å². The number of rotatable bonds is 2. The van der Waals surface area contributed by atoms with Crippen molar-refractivity contribution in [3.63, 3.8) is 0 Å². The quantitative estimate of drug-likeness (QED) is 0.377. The van der Waals surface area contributed by atoms with E-state index in [1.807, 2.05) is 0 Å². The van der Waals surface area contributed by atoms with Crippen LogP contribution in [0.3, 0.4) is 0 Å². The molecular formula is C5H4ClN3O4. The highest BCUT2D eigenvalue weighted by Gasteiger charge is 2.29. The van der Waals surface area contributed by atoms with E-state index in [1.165, 1.54) is 0 Å². The smallest absolute Gasteiger partial charge is 0.262 e. The minimum Gasteiger partial charge on any atom is -0.262 e. The second-order valence-electron chi connectivity index (χ2n) is 2.21. The molecule has 8 heteroatoms. The van der Waals surface area contributed by atoms with Crippen LogP contribution in [-0.4, -0.2) is 20.4 Å². The first-order chi connectivity index (χ1) is 6.02. The van der Waals surface area contributed by atoms with Crippen LogP contribution in [0.15, 0.2) is 24.0 Å². The Morgan fingerprint density at radius 1 is 1.46 bits per heavy atom. The van der Waals surface area contributed by atoms with Crippen LogP contribution in [0.1, 0.15) is 0 Å². The maximum absolute atomic E-state index is 10.3. The van der Waals surface area contributed by atoms with Gasteiger partial charge in [0.1, 0.15) is 0 Å². The first-order valence-corrected chi connectivity index (χ1v) is 3.48. The van der Waals surface area contributed by atoms with E-state index in [1.54, 1.807) is 0 Å². The number of nitrogens with zero attached hydrogens (tertiary/aromatic N) is 3. The highest BCUT2D eigenvalue weighted by atomic mass is 35.5. The molecule has 1 aliphatic heterocycles. The van der Waals surface area contributed by atoms with Crippen LogP contribution < -0.4 is 0 Å². The lowest BCUT2D eigenvalue weighted by Crippen LogP contribution is -2.31. The Morgan fingerprint density at radius 3 is 2.54 bits per heavy atom. The summed E-state index contributed by atoms with van der Waals surface area (Å²) in [5, 5.41) is 20.5. The van der Waals surface area contributed by atoms with Gasteiger partial charge in [-0.3, -0.25) is 20.2 Å². The van der Waals surface area contributed by atoms with E-state index in [-0.39, 0.29) is 5.70 Å². The first kappa shape index (κ1) is 9.46. The molecule has 0 aliphatic carbocycles. The van der Waals surface area contributed by atoms with Gasteiger partial charge in [0, 0.05) is 24.1 Å². The summed E-state index contributed by atoms with van der Waals surface area (Å²) in [5.74, 6) is 0. The van der Waals surface area contributed by atoms with Gasteiger partial charge in [-0.2, -0.15) is 0 Å². The number of hydrogen-bond acceptors (Lipinski definition) is 5. The third kappa shape index (κ3) is 1.94. The van der Waals surface area contributed by atoms with Crippen molar-refractivity contribution in [2.24, 2.45) is 0 Å². The molecule has 1 atom stereocenters. The highest BCUT2D eigenvalue weighted by molar-refractivity contribution is 6.14. The summed E-state index contributed by atoms with van der Waals surface area (Å²) in [6.45, 7) is 0. The van der Waals surface area contributed by atoms with Crippen LogP contribution in [0.2, 0.25) is 0 Å². The predicted molar refractivity (Wildman–Crippen MR) is 42.7 cm³/mol. The SMILES string of the molecule is O=[N+]([O-])C1=CC([N+](=O)[O-])N(Cl)C=C1. The molecule has 1 unspecified atom stereocenters. The minimum absolute atomic E-state index is 0.335. The van der Waals surface area contributed by atoms with Crippen LogP contribution in [0.4, 0.5) is 0 Å². The number of hydrogen-bond donors (Lipinski definition) is 0. The third-order valence-electron chi connectivity index (χ3n) is 1.39. The Hall–Kier alpha value is -1.63. The van der Waals surface area contributed by atoms with Gasteiger partial charge in [-0.15, -0.1) is 0 Å². The molecule has 1 aliphatic rings. The van der Waals surface area contributed by atoms with Gasteiger partial charge in [0.25, 0.3) is 5.70 Å². The van der Waals surface area contributed by atoms with Crippen LogP contribution in [0.5, 0.6) is 0 Å². The first-order valence-electron chi connectivity index (χ1n) is 3.14. The Bertz CT molecular complexity index is 313. The van der Waals surface area contributed by atoms with Gasteiger partial charge in [-0.05, 0) is 0 Å². The molecule has 0 saturated carbocycles. The summed E-state index contributed by atoms with van der Waals surface area (Å²) >= 11 is 5.39. The zero-order valence-corrected chi connectivity index (χ0v) is 6.92. The van der Waals surface area contributed by atoms with Gasteiger partial charge in [-0.1, -0.05) is 0 Å². The largest absolute Gasteiger partial charge is 0.325 e. The molecule has 0 aromatic heterocycles. The molecule has 0 amide bonds. The Balaban J connectivity index is 2.93. The summed E-state index contributed by atoms with van der Waals surface area (Å²) in [6.07, 6.45) is 1.65. The fraction of sp³-hybridized carbons (Fsp3) is 0.200. The van der Waals surface area contributed by atoms with Gasteiger partial charge < -0.3 is 0 Å². The molecule has 70 valence electrons. The normalized spacial score (nSPS) is 21.2. The number of nitro groups is 2. The van der Waals surface area contributed by atoms with Crippen LogP contribution >= 0.6 is 11.8 Å². The monoisotopic (exact) mass is 205 g/mol. The number of allylic oxidation sites excluding steroid dienone is 1. The topological polar surface area (TPSA) is 89.5 Å². The molecule has 1 rings (SSSR count). The lowest BCUT2D eigenvalue weighted by molar-refractivity contribution is -0.529. The van der Waals surface area contributed by atoms with E-state index in [2.05, 4.69) is 0 Å². The van der Waals surface area contributed by atoms with Crippen molar-refractivity contribution in [3.05, 3.63) is 44.3 Å². The molecule has 0 N–H and O–H groups in total. The Morgan fingerprint density at radius 2 is 2.08 bits per heavy atom. The molecule has 0 aromatic rings. The maximum Gasteiger partial charge on any atom is 0.325 e. The van der Waals surface area contributed by atoms with E-state index >= 15 is 0 Å². The lowest BCUT2D eigenvalue weighted by Gasteiger charge is -2.14. The van der Waals surface area contributed by atoms with Crippen molar-refractivity contribution in [2.45, 2.75) is 6.17 Å². The average Bonchev–Trinajstić information content (AvgIpc) is 2.04. The zero-order valence-electron chi connectivity index (χ0n) is 6.16. The summed E-state index contributed by atoms with van der Waals surface area (Å²) in [7, 11) is 0. The van der Waals surface area contributed by atoms with E-state index in [4.69, 9.17) is 11.8 Å². The molecule has 13 heavy (non-hydrogen) atoms. The maximum atomic E-state index is 10.3. The van der Waals surface area contributed by atoms with Crippen LogP contribution in [0, 0.1) is 20.2 Å². The van der Waals surface area contributed by atoms with E-state index in [0.29, 0.717) is 0 Å². The molecule has 7 nitrogen and oxygen atoms in total. The number of halogens is 1. The van der Waals surface area contributed by atoms with Gasteiger partial charge in [0.2, 0.25) is 0 Å². The zero-order chi connectivity index (χ0) is 10.0. The molecular weight excluding hydrogens is 202 g/mol. The van der Waals surface area contributed by atoms with Gasteiger partial charge in [0.05, 0.1) is 15.9 Å². The van der Waals surface area contributed by atoms with E-state index in [9.17, 15) is 20.2 Å². The molecule has 1 heterocycles. The Kier molecular flexibility index (Phi) is 2.47. The molecule has 0 fully saturated rings. The molecule has 0 radical (unpaired) electrons. The summed E-state index contributed by atoms with van der Waals surface area (Å²) in [6, 6.07) is 0. The fourth-order valence-corrected chi connectivity index (χ4v) is 0.972. The Labute approximate surface area is 77.3 Å².